The van der Waals surface area contributed by atoms with E-state index in [1.54, 1.807) is 12.3 Å². The predicted molar refractivity (Wildman–Crippen MR) is 69.7 cm³/mol. The Labute approximate surface area is 107 Å². The van der Waals surface area contributed by atoms with Crippen LogP contribution in [0.4, 0.5) is 0 Å². The van der Waals surface area contributed by atoms with Crippen molar-refractivity contribution in [1.29, 1.82) is 5.26 Å². The van der Waals surface area contributed by atoms with E-state index in [9.17, 15) is 4.79 Å². The Morgan fingerprint density at radius 1 is 1.29 bits per heavy atom. The van der Waals surface area contributed by atoms with Crippen molar-refractivity contribution in [2.24, 2.45) is 0 Å². The first kappa shape index (κ1) is 11.6. The van der Waals surface area contributed by atoms with Gasteiger partial charge in [-0.25, -0.2) is 0 Å². The molecule has 0 saturated carbocycles. The second-order valence-electron chi connectivity index (χ2n) is 3.67. The van der Waals surface area contributed by atoms with Gasteiger partial charge in [-0.15, -0.1) is 0 Å². The second-order valence-corrected chi connectivity index (χ2v) is 4.58. The third-order valence-electron chi connectivity index (χ3n) is 2.56. The van der Waals surface area contributed by atoms with Crippen LogP contribution < -0.4 is 5.56 Å². The molecule has 1 N–H and O–H groups in total. The zero-order valence-electron chi connectivity index (χ0n) is 9.12. The molecule has 0 fully saturated rings. The van der Waals surface area contributed by atoms with E-state index in [1.807, 2.05) is 31.2 Å². The monoisotopic (exact) mass is 288 g/mol. The molecule has 0 saturated heterocycles. The van der Waals surface area contributed by atoms with E-state index in [4.69, 9.17) is 5.26 Å². The van der Waals surface area contributed by atoms with Crippen molar-refractivity contribution < 1.29 is 0 Å². The fraction of sp³-hybridized carbons (Fsp3) is 0.0769. The van der Waals surface area contributed by atoms with Crippen LogP contribution in [0.15, 0.2) is 39.7 Å². The average molecular weight is 289 g/mol. The fourth-order valence-electron chi connectivity index (χ4n) is 1.70. The fourth-order valence-corrected chi connectivity index (χ4v) is 2.06. The standard InChI is InChI=1S/C13H9BrN2O/c1-8-2-3-9(14)6-11(8)10-4-5-16-13(17)12(10)7-15/h2-6H,1H3,(H,16,17). The number of nitriles is 1. The number of halogens is 1. The maximum absolute atomic E-state index is 11.6. The molecular formula is C13H9BrN2O. The van der Waals surface area contributed by atoms with E-state index in [0.717, 1.165) is 15.6 Å². The summed E-state index contributed by atoms with van der Waals surface area (Å²) in [6.07, 6.45) is 1.55. The van der Waals surface area contributed by atoms with Crippen LogP contribution >= 0.6 is 15.9 Å². The van der Waals surface area contributed by atoms with E-state index in [1.165, 1.54) is 0 Å². The third kappa shape index (κ3) is 2.15. The van der Waals surface area contributed by atoms with E-state index in [2.05, 4.69) is 20.9 Å². The first-order valence-corrected chi connectivity index (χ1v) is 5.81. The molecule has 2 rings (SSSR count). The Kier molecular flexibility index (Phi) is 3.12. The van der Waals surface area contributed by atoms with Gasteiger partial charge in [0, 0.05) is 16.2 Å². The number of H-pyrrole nitrogens is 1. The summed E-state index contributed by atoms with van der Waals surface area (Å²) in [4.78, 5) is 14.1. The highest BCUT2D eigenvalue weighted by Gasteiger charge is 2.10. The minimum Gasteiger partial charge on any atom is -0.328 e. The van der Waals surface area contributed by atoms with Crippen LogP contribution in [-0.2, 0) is 0 Å². The number of pyridine rings is 1. The smallest absolute Gasteiger partial charge is 0.266 e. The number of hydrogen-bond donors (Lipinski definition) is 1. The van der Waals surface area contributed by atoms with E-state index in [-0.39, 0.29) is 11.1 Å². The van der Waals surface area contributed by atoms with Crippen LogP contribution in [0.1, 0.15) is 11.1 Å². The highest BCUT2D eigenvalue weighted by atomic mass is 79.9. The van der Waals surface area contributed by atoms with Crippen LogP contribution in [0.3, 0.4) is 0 Å². The number of hydrogen-bond acceptors (Lipinski definition) is 2. The van der Waals surface area contributed by atoms with Crippen molar-refractivity contribution in [3.05, 3.63) is 56.4 Å². The van der Waals surface area contributed by atoms with Gasteiger partial charge in [-0.2, -0.15) is 5.26 Å². The molecule has 4 heteroatoms. The molecule has 2 aromatic rings. The number of aromatic amines is 1. The van der Waals surface area contributed by atoms with Crippen LogP contribution in [0.5, 0.6) is 0 Å². The molecule has 0 unspecified atom stereocenters. The predicted octanol–water partition coefficient (Wildman–Crippen LogP) is 2.98. The van der Waals surface area contributed by atoms with Gasteiger partial charge in [-0.05, 0) is 36.2 Å². The zero-order valence-corrected chi connectivity index (χ0v) is 10.7. The molecule has 1 aromatic heterocycles. The molecule has 0 amide bonds. The molecule has 0 radical (unpaired) electrons. The van der Waals surface area contributed by atoms with Gasteiger partial charge in [0.05, 0.1) is 0 Å². The van der Waals surface area contributed by atoms with Crippen LogP contribution in [0, 0.1) is 18.3 Å². The Balaban J connectivity index is 2.78. The Morgan fingerprint density at radius 2 is 2.06 bits per heavy atom. The molecule has 1 aromatic carbocycles. The number of nitrogens with one attached hydrogen (secondary N) is 1. The third-order valence-corrected chi connectivity index (χ3v) is 3.06. The molecule has 3 nitrogen and oxygen atoms in total. The second kappa shape index (κ2) is 4.56. The summed E-state index contributed by atoms with van der Waals surface area (Å²) in [5.41, 5.74) is 2.37. The first-order chi connectivity index (χ1) is 8.13. The van der Waals surface area contributed by atoms with Crippen LogP contribution in [0.25, 0.3) is 11.1 Å². The lowest BCUT2D eigenvalue weighted by atomic mass is 9.98. The van der Waals surface area contributed by atoms with Gasteiger partial charge in [0.1, 0.15) is 11.6 Å². The molecule has 0 aliphatic heterocycles. The van der Waals surface area contributed by atoms with Gasteiger partial charge in [0.15, 0.2) is 0 Å². The number of nitrogens with zero attached hydrogens (tertiary/aromatic N) is 1. The summed E-state index contributed by atoms with van der Waals surface area (Å²) in [6.45, 7) is 1.95. The summed E-state index contributed by atoms with van der Waals surface area (Å²) in [5, 5.41) is 9.04. The highest BCUT2D eigenvalue weighted by Crippen LogP contribution is 2.27. The van der Waals surface area contributed by atoms with Crippen molar-refractivity contribution in [3.63, 3.8) is 0 Å². The Hall–Kier alpha value is -1.86. The lowest BCUT2D eigenvalue weighted by Gasteiger charge is -2.07. The van der Waals surface area contributed by atoms with Crippen molar-refractivity contribution in [2.75, 3.05) is 0 Å². The molecule has 0 aliphatic carbocycles. The number of aryl methyl sites for hydroxylation is 1. The van der Waals surface area contributed by atoms with Gasteiger partial charge in [0.2, 0.25) is 0 Å². The molecule has 0 bridgehead atoms. The van der Waals surface area contributed by atoms with E-state index in [0.29, 0.717) is 5.56 Å². The number of aromatic nitrogens is 1. The maximum Gasteiger partial charge on any atom is 0.266 e. The summed E-state index contributed by atoms with van der Waals surface area (Å²) in [7, 11) is 0. The van der Waals surface area contributed by atoms with Crippen molar-refractivity contribution >= 4 is 15.9 Å². The van der Waals surface area contributed by atoms with E-state index >= 15 is 0 Å². The van der Waals surface area contributed by atoms with Gasteiger partial charge < -0.3 is 4.98 Å². The van der Waals surface area contributed by atoms with Crippen molar-refractivity contribution in [3.8, 4) is 17.2 Å². The maximum atomic E-state index is 11.6. The topological polar surface area (TPSA) is 56.6 Å². The summed E-state index contributed by atoms with van der Waals surface area (Å²) < 4.78 is 0.919. The molecule has 84 valence electrons. The van der Waals surface area contributed by atoms with Gasteiger partial charge in [-0.3, -0.25) is 4.79 Å². The lowest BCUT2D eigenvalue weighted by molar-refractivity contribution is 1.21. The molecule has 17 heavy (non-hydrogen) atoms. The minimum absolute atomic E-state index is 0.147. The molecule has 0 spiro atoms. The number of rotatable bonds is 1. The quantitative estimate of drug-likeness (QED) is 0.877. The average Bonchev–Trinajstić information content (AvgIpc) is 2.32. The largest absolute Gasteiger partial charge is 0.328 e. The molecular weight excluding hydrogens is 280 g/mol. The Bertz CT molecular complexity index is 668. The van der Waals surface area contributed by atoms with Crippen LogP contribution in [0.2, 0.25) is 0 Å². The lowest BCUT2D eigenvalue weighted by Crippen LogP contribution is -2.10. The van der Waals surface area contributed by atoms with Gasteiger partial charge in [0.25, 0.3) is 5.56 Å². The summed E-state index contributed by atoms with van der Waals surface area (Å²) in [6, 6.07) is 9.48. The van der Waals surface area contributed by atoms with Gasteiger partial charge >= 0.3 is 0 Å². The van der Waals surface area contributed by atoms with Crippen LogP contribution in [-0.4, -0.2) is 4.98 Å². The summed E-state index contributed by atoms with van der Waals surface area (Å²) in [5.74, 6) is 0. The first-order valence-electron chi connectivity index (χ1n) is 5.02. The zero-order chi connectivity index (χ0) is 12.4. The van der Waals surface area contributed by atoms with Crippen molar-refractivity contribution in [1.82, 2.24) is 4.98 Å². The SMILES string of the molecule is Cc1ccc(Br)cc1-c1cc[nH]c(=O)c1C#N. The Morgan fingerprint density at radius 3 is 2.76 bits per heavy atom. The van der Waals surface area contributed by atoms with Gasteiger partial charge in [-0.1, -0.05) is 22.0 Å². The normalized spacial score (nSPS) is 9.94. The summed E-state index contributed by atoms with van der Waals surface area (Å²) >= 11 is 3.39. The van der Waals surface area contributed by atoms with Crippen molar-refractivity contribution in [2.45, 2.75) is 6.92 Å². The molecule has 0 aliphatic rings. The highest BCUT2D eigenvalue weighted by molar-refractivity contribution is 9.10. The number of benzene rings is 1. The minimum atomic E-state index is -0.357. The van der Waals surface area contributed by atoms with E-state index < -0.39 is 0 Å². The molecule has 1 heterocycles. The molecule has 0 atom stereocenters.